The van der Waals surface area contributed by atoms with Crippen LogP contribution in [0.2, 0.25) is 0 Å². The van der Waals surface area contributed by atoms with Gasteiger partial charge in [0, 0.05) is 29.8 Å². The number of hydrogen-bond acceptors (Lipinski definition) is 11. The number of halogens is 2. The molecule has 15 nitrogen and oxygen atoms in total. The van der Waals surface area contributed by atoms with E-state index in [1.165, 1.54) is 18.5 Å². The van der Waals surface area contributed by atoms with E-state index in [1.807, 2.05) is 0 Å². The fourth-order valence-electron chi connectivity index (χ4n) is 5.29. The molecule has 50 heavy (non-hydrogen) atoms. The predicted octanol–water partition coefficient (Wildman–Crippen LogP) is 5.99. The number of amides is 3. The van der Waals surface area contributed by atoms with Crippen LogP contribution >= 0.6 is 11.6 Å². The fraction of sp³-hybridized carbons (Fsp3) is 0.545. The normalized spacial score (nSPS) is 16.7. The van der Waals surface area contributed by atoms with Crippen LogP contribution in [0, 0.1) is 5.82 Å². The zero-order chi connectivity index (χ0) is 37.4. The number of alkyl carbamates (subject to hydrolysis) is 1. The molecule has 17 heteroatoms. The van der Waals surface area contributed by atoms with E-state index in [4.69, 9.17) is 25.8 Å². The number of alkyl halides is 1. The van der Waals surface area contributed by atoms with Crippen molar-refractivity contribution in [3.8, 4) is 0 Å². The van der Waals surface area contributed by atoms with Gasteiger partial charge in [0.15, 0.2) is 22.5 Å². The number of carbonyl (C=O) groups is 4. The molecule has 0 spiro atoms. The number of aromatic nitrogens is 4. The van der Waals surface area contributed by atoms with Crippen LogP contribution in [0.1, 0.15) is 79.9 Å². The zero-order valence-corrected chi connectivity index (χ0v) is 30.3. The number of anilines is 2. The van der Waals surface area contributed by atoms with Crippen molar-refractivity contribution >= 4 is 58.5 Å². The van der Waals surface area contributed by atoms with Crippen molar-refractivity contribution in [2.24, 2.45) is 0 Å². The molecule has 1 aliphatic heterocycles. The Balaban J connectivity index is 1.76. The number of benzene rings is 1. The lowest BCUT2D eigenvalue weighted by molar-refractivity contribution is -0.143. The smallest absolute Gasteiger partial charge is 0.425 e. The quantitative estimate of drug-likeness (QED) is 0.216. The van der Waals surface area contributed by atoms with Gasteiger partial charge in [-0.1, -0.05) is 0 Å². The van der Waals surface area contributed by atoms with E-state index in [0.717, 1.165) is 6.33 Å². The van der Waals surface area contributed by atoms with Crippen molar-refractivity contribution < 1.29 is 42.9 Å². The first kappa shape index (κ1) is 38.1. The van der Waals surface area contributed by atoms with Gasteiger partial charge in [-0.25, -0.2) is 38.5 Å². The summed E-state index contributed by atoms with van der Waals surface area (Å²) in [6, 6.07) is 2.75. The van der Waals surface area contributed by atoms with E-state index in [1.54, 1.807) is 71.8 Å². The predicted molar refractivity (Wildman–Crippen MR) is 182 cm³/mol. The molecule has 0 aliphatic carbocycles. The Morgan fingerprint density at radius 1 is 0.940 bits per heavy atom. The molecular formula is C33H43ClFN7O8. The topological polar surface area (TPSA) is 178 Å². The van der Waals surface area contributed by atoms with E-state index in [0.29, 0.717) is 16.2 Å². The van der Waals surface area contributed by atoms with Gasteiger partial charge in [0.1, 0.15) is 28.9 Å². The van der Waals surface area contributed by atoms with Gasteiger partial charge in [0.25, 0.3) is 0 Å². The van der Waals surface area contributed by atoms with Crippen molar-refractivity contribution in [1.82, 2.24) is 24.8 Å². The summed E-state index contributed by atoms with van der Waals surface area (Å²) in [6.45, 7) is 14.8. The van der Waals surface area contributed by atoms with Crippen LogP contribution in [-0.2, 0) is 31.4 Å². The fourth-order valence-corrected chi connectivity index (χ4v) is 5.58. The molecule has 0 radical (unpaired) electrons. The summed E-state index contributed by atoms with van der Waals surface area (Å²) in [5, 5.41) is 12.7. The average Bonchev–Trinajstić information content (AvgIpc) is 3.56. The number of nitrogens with one attached hydrogen (secondary N) is 1. The molecule has 1 aliphatic rings. The van der Waals surface area contributed by atoms with Gasteiger partial charge in [-0.05, 0) is 74.4 Å². The Hall–Kier alpha value is -4.73. The third-order valence-corrected chi connectivity index (χ3v) is 7.58. The molecule has 1 fully saturated rings. The molecule has 3 heterocycles. The van der Waals surface area contributed by atoms with Crippen LogP contribution in [0.25, 0.3) is 11.2 Å². The van der Waals surface area contributed by atoms with Crippen LogP contribution in [0.15, 0.2) is 24.8 Å². The van der Waals surface area contributed by atoms with Crippen LogP contribution in [0.4, 0.5) is 30.3 Å². The Morgan fingerprint density at radius 3 is 2.08 bits per heavy atom. The van der Waals surface area contributed by atoms with Gasteiger partial charge < -0.3 is 34.1 Å². The minimum absolute atomic E-state index is 0.0321. The molecule has 1 saturated heterocycles. The van der Waals surface area contributed by atoms with E-state index in [2.05, 4.69) is 20.3 Å². The van der Waals surface area contributed by atoms with Crippen LogP contribution in [0.5, 0.6) is 0 Å². The van der Waals surface area contributed by atoms with Crippen LogP contribution in [-0.4, -0.2) is 84.3 Å². The van der Waals surface area contributed by atoms with Gasteiger partial charge in [0.2, 0.25) is 0 Å². The molecule has 1 atom stereocenters. The van der Waals surface area contributed by atoms with E-state index >= 15 is 4.39 Å². The average molecular weight is 720 g/mol. The first-order valence-electron chi connectivity index (χ1n) is 15.8. The second-order valence-electron chi connectivity index (χ2n) is 14.9. The monoisotopic (exact) mass is 719 g/mol. The number of rotatable bonds is 7. The highest BCUT2D eigenvalue weighted by Crippen LogP contribution is 2.35. The van der Waals surface area contributed by atoms with E-state index in [9.17, 15) is 24.3 Å². The highest BCUT2D eigenvalue weighted by Gasteiger charge is 2.48. The molecule has 2 aromatic heterocycles. The molecular weight excluding hydrogens is 677 g/mol. The number of imide groups is 1. The number of carboxylic acid groups (broad SMARTS) is 1. The van der Waals surface area contributed by atoms with E-state index < -0.39 is 52.4 Å². The summed E-state index contributed by atoms with van der Waals surface area (Å²) in [5.41, 5.74) is -3.24. The molecule has 272 valence electrons. The maximum atomic E-state index is 15.3. The van der Waals surface area contributed by atoms with Gasteiger partial charge in [-0.2, -0.15) is 4.90 Å². The molecule has 4 rings (SSSR count). The highest BCUT2D eigenvalue weighted by atomic mass is 35.5. The summed E-state index contributed by atoms with van der Waals surface area (Å²) in [6.07, 6.45) is -0.424. The second-order valence-corrected chi connectivity index (χ2v) is 15.1. The zero-order valence-electron chi connectivity index (χ0n) is 29.6. The number of carboxylic acids is 1. The highest BCUT2D eigenvalue weighted by molar-refractivity contribution is 6.17. The van der Waals surface area contributed by atoms with Gasteiger partial charge in [0.05, 0.1) is 25.3 Å². The molecule has 1 unspecified atom stereocenters. The van der Waals surface area contributed by atoms with Gasteiger partial charge >= 0.3 is 24.2 Å². The summed E-state index contributed by atoms with van der Waals surface area (Å²) < 4.78 is 33.1. The van der Waals surface area contributed by atoms with Crippen molar-refractivity contribution in [3.05, 3.63) is 41.7 Å². The lowest BCUT2D eigenvalue weighted by Gasteiger charge is -2.29. The lowest BCUT2D eigenvalue weighted by Crippen LogP contribution is -2.57. The summed E-state index contributed by atoms with van der Waals surface area (Å²) in [4.78, 5) is 67.2. The molecule has 1 aromatic carbocycles. The Labute approximate surface area is 294 Å². The van der Waals surface area contributed by atoms with Crippen molar-refractivity contribution in [3.63, 3.8) is 0 Å². The number of fused-ring (bicyclic) bond motifs is 1. The first-order chi connectivity index (χ1) is 23.0. The Kier molecular flexibility index (Phi) is 10.6. The van der Waals surface area contributed by atoms with Crippen LogP contribution in [0.3, 0.4) is 0 Å². The lowest BCUT2D eigenvalue weighted by atomic mass is 9.99. The first-order valence-corrected chi connectivity index (χ1v) is 16.4. The summed E-state index contributed by atoms with van der Waals surface area (Å²) in [7, 11) is 0. The van der Waals surface area contributed by atoms with Crippen molar-refractivity contribution in [1.29, 1.82) is 0 Å². The maximum absolute atomic E-state index is 15.3. The number of nitrogens with zero attached hydrogens (tertiary/aromatic N) is 6. The number of carbonyl (C=O) groups excluding carboxylic acids is 3. The maximum Gasteiger partial charge on any atom is 0.425 e. The number of aliphatic carboxylic acids is 1. The molecule has 3 aromatic rings. The summed E-state index contributed by atoms with van der Waals surface area (Å²) in [5.74, 6) is -2.26. The van der Waals surface area contributed by atoms with Crippen molar-refractivity contribution in [2.75, 3.05) is 22.9 Å². The summed E-state index contributed by atoms with van der Waals surface area (Å²) >= 11 is 6.27. The molecule has 3 amide bonds. The Bertz CT molecular complexity index is 1770. The number of ether oxygens (including phenoxy) is 3. The minimum Gasteiger partial charge on any atom is -0.479 e. The second kappa shape index (κ2) is 13.9. The molecule has 2 N–H and O–H groups in total. The standard InChI is InChI=1S/C33H43ClFN7O8/c1-30(2,3)48-27(45)39-33(26(43)44)12-13-40(16-33)22-11-10-21(35)19(14-34)20(22)15-41-18-38-23-24(41)36-17-37-25(23)42(28(46)49-31(4,5)6)29(47)50-32(7,8)9/h10-11,17-18H,12-16H2,1-9H3,(H,39,45)(H,43,44). The Morgan fingerprint density at radius 2 is 1.54 bits per heavy atom. The largest absolute Gasteiger partial charge is 0.479 e. The third-order valence-electron chi connectivity index (χ3n) is 7.32. The van der Waals surface area contributed by atoms with Gasteiger partial charge in [-0.3, -0.25) is 0 Å². The molecule has 0 saturated carbocycles. The van der Waals surface area contributed by atoms with Crippen LogP contribution < -0.4 is 15.1 Å². The SMILES string of the molecule is CC(C)(C)OC(=O)NC1(C(=O)O)CCN(c2ccc(F)c(CCl)c2Cn2cnc3c(N(C(=O)OC(C)(C)C)C(=O)OC(C)(C)C)ncnc32)C1. The molecule has 0 bridgehead atoms. The minimum atomic E-state index is -1.69. The number of hydrogen-bond donors (Lipinski definition) is 2. The van der Waals surface area contributed by atoms with Crippen molar-refractivity contribution in [2.45, 2.75) is 104 Å². The van der Waals surface area contributed by atoms with Gasteiger partial charge in [-0.15, -0.1) is 11.6 Å². The third kappa shape index (κ3) is 8.70. The number of imidazole rings is 1. The van der Waals surface area contributed by atoms with E-state index in [-0.39, 0.29) is 54.5 Å².